The lowest BCUT2D eigenvalue weighted by Crippen LogP contribution is -2.43. The van der Waals surface area contributed by atoms with Crippen LogP contribution in [0.1, 0.15) is 9.88 Å². The van der Waals surface area contributed by atoms with Crippen LogP contribution in [0.15, 0.2) is 6.20 Å². The van der Waals surface area contributed by atoms with Crippen molar-refractivity contribution in [3.05, 3.63) is 16.1 Å². The SMILES string of the molecule is COCC(N)C(=O)NCc1ncc(C)s1. The maximum absolute atomic E-state index is 11.4. The normalized spacial score (nSPS) is 12.5. The first kappa shape index (κ1) is 12.1. The molecule has 84 valence electrons. The molecular formula is C9H15N3O2S. The van der Waals surface area contributed by atoms with Gasteiger partial charge in [-0.25, -0.2) is 4.98 Å². The van der Waals surface area contributed by atoms with E-state index < -0.39 is 6.04 Å². The van der Waals surface area contributed by atoms with Gasteiger partial charge in [-0.1, -0.05) is 0 Å². The van der Waals surface area contributed by atoms with E-state index in [2.05, 4.69) is 10.3 Å². The number of rotatable bonds is 5. The molecule has 0 fully saturated rings. The van der Waals surface area contributed by atoms with Crippen molar-refractivity contribution in [3.8, 4) is 0 Å². The molecule has 5 nitrogen and oxygen atoms in total. The van der Waals surface area contributed by atoms with Gasteiger partial charge >= 0.3 is 0 Å². The van der Waals surface area contributed by atoms with Crippen molar-refractivity contribution in [2.24, 2.45) is 5.73 Å². The predicted octanol–water partition coefficient (Wildman–Crippen LogP) is 0.0414. The van der Waals surface area contributed by atoms with E-state index in [0.717, 1.165) is 9.88 Å². The molecule has 15 heavy (non-hydrogen) atoms. The minimum Gasteiger partial charge on any atom is -0.383 e. The first-order valence-corrected chi connectivity index (χ1v) is 5.38. The second-order valence-electron chi connectivity index (χ2n) is 3.14. The van der Waals surface area contributed by atoms with Crippen molar-refractivity contribution in [1.29, 1.82) is 0 Å². The summed E-state index contributed by atoms with van der Waals surface area (Å²) in [5.74, 6) is -0.218. The van der Waals surface area contributed by atoms with Gasteiger partial charge in [-0.05, 0) is 6.92 Å². The number of aromatic nitrogens is 1. The van der Waals surface area contributed by atoms with E-state index in [1.165, 1.54) is 7.11 Å². The second kappa shape index (κ2) is 5.79. The van der Waals surface area contributed by atoms with Gasteiger partial charge in [0.25, 0.3) is 0 Å². The van der Waals surface area contributed by atoms with E-state index in [9.17, 15) is 4.79 Å². The molecule has 1 rings (SSSR count). The summed E-state index contributed by atoms with van der Waals surface area (Å²) in [5.41, 5.74) is 5.54. The van der Waals surface area contributed by atoms with Crippen molar-refractivity contribution < 1.29 is 9.53 Å². The Morgan fingerprint density at radius 2 is 2.53 bits per heavy atom. The molecule has 0 aromatic carbocycles. The highest BCUT2D eigenvalue weighted by molar-refractivity contribution is 7.11. The lowest BCUT2D eigenvalue weighted by molar-refractivity contribution is -0.123. The topological polar surface area (TPSA) is 77.2 Å². The molecule has 0 saturated heterocycles. The molecule has 1 aromatic rings. The van der Waals surface area contributed by atoms with Crippen LogP contribution in [0.4, 0.5) is 0 Å². The standard InChI is InChI=1S/C9H15N3O2S/c1-6-3-11-8(15-6)4-12-9(13)7(10)5-14-2/h3,7H,4-5,10H2,1-2H3,(H,12,13). The summed E-state index contributed by atoms with van der Waals surface area (Å²) in [6, 6.07) is -0.615. The lowest BCUT2D eigenvalue weighted by Gasteiger charge is -2.09. The Balaban J connectivity index is 2.34. The van der Waals surface area contributed by atoms with E-state index >= 15 is 0 Å². The number of carbonyl (C=O) groups excluding carboxylic acids is 1. The largest absolute Gasteiger partial charge is 0.383 e. The molecule has 3 N–H and O–H groups in total. The third-order valence-corrected chi connectivity index (χ3v) is 2.68. The number of hydrogen-bond donors (Lipinski definition) is 2. The van der Waals surface area contributed by atoms with Crippen LogP contribution in [0, 0.1) is 6.92 Å². The summed E-state index contributed by atoms with van der Waals surface area (Å²) >= 11 is 1.56. The number of aryl methyl sites for hydroxylation is 1. The van der Waals surface area contributed by atoms with E-state index in [0.29, 0.717) is 6.54 Å². The minimum absolute atomic E-state index is 0.218. The fourth-order valence-electron chi connectivity index (χ4n) is 1.03. The molecule has 1 atom stereocenters. The van der Waals surface area contributed by atoms with E-state index in [1.807, 2.05) is 6.92 Å². The molecule has 0 radical (unpaired) electrons. The van der Waals surface area contributed by atoms with Crippen LogP contribution in [0.2, 0.25) is 0 Å². The van der Waals surface area contributed by atoms with Gasteiger partial charge in [0.2, 0.25) is 5.91 Å². The number of ether oxygens (including phenoxy) is 1. The van der Waals surface area contributed by atoms with Gasteiger partial charge in [-0.2, -0.15) is 0 Å². The van der Waals surface area contributed by atoms with Crippen LogP contribution in [0.25, 0.3) is 0 Å². The van der Waals surface area contributed by atoms with Gasteiger partial charge in [0.05, 0.1) is 13.2 Å². The van der Waals surface area contributed by atoms with Crippen LogP contribution in [0.3, 0.4) is 0 Å². The van der Waals surface area contributed by atoms with Crippen LogP contribution >= 0.6 is 11.3 Å². The Bertz CT molecular complexity index is 327. The van der Waals surface area contributed by atoms with Gasteiger partial charge < -0.3 is 15.8 Å². The van der Waals surface area contributed by atoms with Gasteiger partial charge in [-0.15, -0.1) is 11.3 Å². The Hall–Kier alpha value is -0.980. The fourth-order valence-corrected chi connectivity index (χ4v) is 1.76. The molecule has 0 spiro atoms. The van der Waals surface area contributed by atoms with Gasteiger partial charge in [0.15, 0.2) is 0 Å². The third-order valence-electron chi connectivity index (χ3n) is 1.77. The van der Waals surface area contributed by atoms with Crippen molar-refractivity contribution in [2.45, 2.75) is 19.5 Å². The number of carbonyl (C=O) groups is 1. The number of nitrogens with one attached hydrogen (secondary N) is 1. The Morgan fingerprint density at radius 1 is 1.80 bits per heavy atom. The first-order chi connectivity index (χ1) is 7.13. The summed E-state index contributed by atoms with van der Waals surface area (Å²) in [7, 11) is 1.51. The monoisotopic (exact) mass is 229 g/mol. The molecule has 1 amide bonds. The summed E-state index contributed by atoms with van der Waals surface area (Å²) in [6.45, 7) is 2.62. The maximum Gasteiger partial charge on any atom is 0.239 e. The number of methoxy groups -OCH3 is 1. The molecule has 0 bridgehead atoms. The quantitative estimate of drug-likeness (QED) is 0.747. The summed E-state index contributed by atoms with van der Waals surface area (Å²) < 4.78 is 4.78. The molecule has 0 aliphatic carbocycles. The van der Waals surface area contributed by atoms with E-state index in [-0.39, 0.29) is 12.5 Å². The van der Waals surface area contributed by atoms with Crippen molar-refractivity contribution in [3.63, 3.8) is 0 Å². The third kappa shape index (κ3) is 3.94. The Labute approximate surface area is 92.6 Å². The smallest absolute Gasteiger partial charge is 0.239 e. The van der Waals surface area contributed by atoms with E-state index in [4.69, 9.17) is 10.5 Å². The molecule has 0 aliphatic rings. The molecule has 1 heterocycles. The zero-order valence-electron chi connectivity index (χ0n) is 8.82. The lowest BCUT2D eigenvalue weighted by atomic mass is 10.3. The van der Waals surface area contributed by atoms with Crippen LogP contribution in [-0.2, 0) is 16.1 Å². The summed E-state index contributed by atoms with van der Waals surface area (Å²) in [5, 5.41) is 3.58. The highest BCUT2D eigenvalue weighted by Gasteiger charge is 2.12. The van der Waals surface area contributed by atoms with Gasteiger partial charge in [0.1, 0.15) is 11.0 Å². The maximum atomic E-state index is 11.4. The van der Waals surface area contributed by atoms with Gasteiger partial charge in [0, 0.05) is 18.2 Å². The predicted molar refractivity (Wildman–Crippen MR) is 58.5 cm³/mol. The number of thiazole rings is 1. The molecule has 0 saturated carbocycles. The van der Waals surface area contributed by atoms with Crippen LogP contribution in [0.5, 0.6) is 0 Å². The van der Waals surface area contributed by atoms with Crippen LogP contribution in [-0.4, -0.2) is 30.6 Å². The Kier molecular flexibility index (Phi) is 4.67. The average Bonchev–Trinajstić information content (AvgIpc) is 2.61. The zero-order chi connectivity index (χ0) is 11.3. The van der Waals surface area contributed by atoms with Gasteiger partial charge in [-0.3, -0.25) is 4.79 Å². The highest BCUT2D eigenvalue weighted by atomic mass is 32.1. The molecule has 6 heteroatoms. The summed E-state index contributed by atoms with van der Waals surface area (Å²) in [4.78, 5) is 16.6. The number of hydrogen-bond acceptors (Lipinski definition) is 5. The average molecular weight is 229 g/mol. The van der Waals surface area contributed by atoms with Crippen molar-refractivity contribution in [1.82, 2.24) is 10.3 Å². The Morgan fingerprint density at radius 3 is 3.07 bits per heavy atom. The molecule has 1 unspecified atom stereocenters. The summed E-state index contributed by atoms with van der Waals surface area (Å²) in [6.07, 6.45) is 1.78. The molecule has 1 aromatic heterocycles. The number of nitrogens with zero attached hydrogens (tertiary/aromatic N) is 1. The van der Waals surface area contributed by atoms with E-state index in [1.54, 1.807) is 17.5 Å². The zero-order valence-corrected chi connectivity index (χ0v) is 9.63. The first-order valence-electron chi connectivity index (χ1n) is 4.57. The number of amides is 1. The fraction of sp³-hybridized carbons (Fsp3) is 0.556. The highest BCUT2D eigenvalue weighted by Crippen LogP contribution is 2.10. The minimum atomic E-state index is -0.615. The van der Waals surface area contributed by atoms with Crippen molar-refractivity contribution >= 4 is 17.2 Å². The number of nitrogens with two attached hydrogens (primary N) is 1. The second-order valence-corrected chi connectivity index (χ2v) is 4.46. The molecule has 0 aliphatic heterocycles. The van der Waals surface area contributed by atoms with Crippen LogP contribution < -0.4 is 11.1 Å². The van der Waals surface area contributed by atoms with Crippen molar-refractivity contribution in [2.75, 3.05) is 13.7 Å². The molecular weight excluding hydrogens is 214 g/mol.